The Balaban J connectivity index is 1.71. The maximum Gasteiger partial charge on any atom is 0.219 e. The van der Waals surface area contributed by atoms with E-state index in [1.165, 1.54) is 5.57 Å². The predicted molar refractivity (Wildman–Crippen MR) is 104 cm³/mol. The molecule has 144 valence electrons. The summed E-state index contributed by atoms with van der Waals surface area (Å²) in [4.78, 5) is 13.2. The topological polar surface area (TPSA) is 60.8 Å². The van der Waals surface area contributed by atoms with E-state index in [4.69, 9.17) is 0 Å². The first-order valence-electron chi connectivity index (χ1n) is 10.0. The number of rotatable bonds is 4. The normalized spacial score (nSPS) is 30.2. The van der Waals surface area contributed by atoms with Gasteiger partial charge in [-0.3, -0.25) is 4.79 Å². The molecule has 1 heterocycles. The van der Waals surface area contributed by atoms with E-state index in [0.717, 1.165) is 37.9 Å². The molecule has 0 aromatic carbocycles. The highest BCUT2D eigenvalue weighted by Gasteiger charge is 2.36. The minimum absolute atomic E-state index is 0.109. The zero-order chi connectivity index (χ0) is 19.0. The minimum Gasteiger partial charge on any atom is -0.512 e. The van der Waals surface area contributed by atoms with Crippen LogP contribution in [0.1, 0.15) is 53.4 Å². The van der Waals surface area contributed by atoms with Crippen molar-refractivity contribution in [2.45, 2.75) is 53.4 Å². The molecule has 3 unspecified atom stereocenters. The van der Waals surface area contributed by atoms with Gasteiger partial charge in [0.05, 0.1) is 0 Å². The van der Waals surface area contributed by atoms with Gasteiger partial charge in [0.1, 0.15) is 11.5 Å². The summed E-state index contributed by atoms with van der Waals surface area (Å²) in [6.45, 7) is 9.82. The molecule has 1 amide bonds. The number of carbonyl (C=O) groups is 1. The van der Waals surface area contributed by atoms with E-state index in [1.54, 1.807) is 6.92 Å². The van der Waals surface area contributed by atoms with Gasteiger partial charge >= 0.3 is 0 Å². The maximum atomic E-state index is 11.3. The molecule has 0 aromatic heterocycles. The van der Waals surface area contributed by atoms with Crippen LogP contribution >= 0.6 is 0 Å². The van der Waals surface area contributed by atoms with Gasteiger partial charge in [-0.2, -0.15) is 0 Å². The van der Waals surface area contributed by atoms with Crippen molar-refractivity contribution in [3.8, 4) is 0 Å². The molecule has 0 bridgehead atoms. The highest BCUT2D eigenvalue weighted by molar-refractivity contribution is 5.74. The van der Waals surface area contributed by atoms with E-state index in [9.17, 15) is 15.0 Å². The van der Waals surface area contributed by atoms with Crippen LogP contribution in [0.4, 0.5) is 0 Å². The molecular weight excluding hydrogens is 326 g/mol. The molecule has 3 aliphatic rings. The van der Waals surface area contributed by atoms with Crippen molar-refractivity contribution >= 4 is 5.91 Å². The van der Waals surface area contributed by atoms with E-state index in [1.807, 2.05) is 11.0 Å². The van der Waals surface area contributed by atoms with Gasteiger partial charge in [-0.1, -0.05) is 25.5 Å². The molecule has 1 saturated heterocycles. The molecule has 4 nitrogen and oxygen atoms in total. The van der Waals surface area contributed by atoms with Gasteiger partial charge in [-0.15, -0.1) is 0 Å². The summed E-state index contributed by atoms with van der Waals surface area (Å²) in [7, 11) is 0. The Bertz CT molecular complexity index is 652. The van der Waals surface area contributed by atoms with Crippen molar-refractivity contribution in [3.05, 3.63) is 34.8 Å². The number of allylic oxidation sites excluding steroid dienone is 5. The fourth-order valence-electron chi connectivity index (χ4n) is 4.93. The van der Waals surface area contributed by atoms with Crippen LogP contribution in [0.25, 0.3) is 0 Å². The number of likely N-dealkylation sites (tertiary alicyclic amines) is 1. The Morgan fingerprint density at radius 1 is 1.27 bits per heavy atom. The molecule has 1 aliphatic heterocycles. The number of aliphatic hydroxyl groups is 2. The molecule has 2 aliphatic carbocycles. The van der Waals surface area contributed by atoms with Gasteiger partial charge in [0.15, 0.2) is 0 Å². The SMILES string of the molecule is CC(=O)N1CC(CC2C=C(O)C(C3C=C(C)CCC3C(C)C)=C(O)C2)C1. The second-order valence-corrected chi connectivity index (χ2v) is 8.89. The first-order valence-corrected chi connectivity index (χ1v) is 10.0. The molecule has 2 N–H and O–H groups in total. The Labute approximate surface area is 157 Å². The van der Waals surface area contributed by atoms with Gasteiger partial charge in [0.25, 0.3) is 0 Å². The van der Waals surface area contributed by atoms with E-state index < -0.39 is 0 Å². The van der Waals surface area contributed by atoms with Crippen molar-refractivity contribution in [3.63, 3.8) is 0 Å². The maximum absolute atomic E-state index is 11.3. The highest BCUT2D eigenvalue weighted by Crippen LogP contribution is 2.44. The summed E-state index contributed by atoms with van der Waals surface area (Å²) in [6.07, 6.45) is 7.93. The number of aliphatic hydroxyl groups excluding tert-OH is 2. The van der Waals surface area contributed by atoms with Crippen molar-refractivity contribution in [1.82, 2.24) is 4.90 Å². The molecule has 4 heteroatoms. The van der Waals surface area contributed by atoms with Crippen LogP contribution in [0.5, 0.6) is 0 Å². The van der Waals surface area contributed by atoms with Gasteiger partial charge in [0, 0.05) is 37.9 Å². The number of carbonyl (C=O) groups excluding carboxylic acids is 1. The van der Waals surface area contributed by atoms with Crippen molar-refractivity contribution in [2.75, 3.05) is 13.1 Å². The quantitative estimate of drug-likeness (QED) is 0.712. The average Bonchev–Trinajstić information content (AvgIpc) is 2.49. The summed E-state index contributed by atoms with van der Waals surface area (Å²) in [5.74, 6) is 2.47. The van der Waals surface area contributed by atoms with E-state index >= 15 is 0 Å². The van der Waals surface area contributed by atoms with Crippen LogP contribution < -0.4 is 0 Å². The lowest BCUT2D eigenvalue weighted by molar-refractivity contribution is -0.135. The first kappa shape index (κ1) is 19.1. The Morgan fingerprint density at radius 2 is 1.96 bits per heavy atom. The lowest BCUT2D eigenvalue weighted by Crippen LogP contribution is -2.49. The molecule has 3 rings (SSSR count). The van der Waals surface area contributed by atoms with Crippen LogP contribution in [-0.4, -0.2) is 34.1 Å². The summed E-state index contributed by atoms with van der Waals surface area (Å²) in [5.41, 5.74) is 2.10. The largest absolute Gasteiger partial charge is 0.512 e. The van der Waals surface area contributed by atoms with E-state index in [0.29, 0.717) is 29.9 Å². The predicted octanol–water partition coefficient (Wildman–Crippen LogP) is 4.76. The molecule has 0 spiro atoms. The summed E-state index contributed by atoms with van der Waals surface area (Å²) in [5, 5.41) is 21.5. The van der Waals surface area contributed by atoms with Crippen molar-refractivity contribution in [2.24, 2.45) is 29.6 Å². The third-order valence-electron chi connectivity index (χ3n) is 6.46. The zero-order valence-electron chi connectivity index (χ0n) is 16.5. The molecule has 3 atom stereocenters. The highest BCUT2D eigenvalue weighted by atomic mass is 16.3. The van der Waals surface area contributed by atoms with Crippen LogP contribution in [0.15, 0.2) is 34.8 Å². The number of nitrogens with zero attached hydrogens (tertiary/aromatic N) is 1. The smallest absolute Gasteiger partial charge is 0.219 e. The summed E-state index contributed by atoms with van der Waals surface area (Å²) >= 11 is 0. The summed E-state index contributed by atoms with van der Waals surface area (Å²) < 4.78 is 0. The molecule has 1 fully saturated rings. The first-order chi connectivity index (χ1) is 12.3. The Morgan fingerprint density at radius 3 is 2.54 bits per heavy atom. The number of hydrogen-bond donors (Lipinski definition) is 2. The van der Waals surface area contributed by atoms with Crippen LogP contribution in [0.2, 0.25) is 0 Å². The number of amides is 1. The van der Waals surface area contributed by atoms with Crippen molar-refractivity contribution < 1.29 is 15.0 Å². The average molecular weight is 360 g/mol. The second-order valence-electron chi connectivity index (χ2n) is 8.89. The number of hydrogen-bond acceptors (Lipinski definition) is 3. The monoisotopic (exact) mass is 359 g/mol. The third-order valence-corrected chi connectivity index (χ3v) is 6.46. The molecular formula is C22H33NO3. The summed E-state index contributed by atoms with van der Waals surface area (Å²) in [6, 6.07) is 0. The van der Waals surface area contributed by atoms with Gasteiger partial charge < -0.3 is 15.1 Å². The lowest BCUT2D eigenvalue weighted by Gasteiger charge is -2.41. The zero-order valence-corrected chi connectivity index (χ0v) is 16.5. The van der Waals surface area contributed by atoms with Crippen LogP contribution in [0.3, 0.4) is 0 Å². The van der Waals surface area contributed by atoms with Crippen LogP contribution in [-0.2, 0) is 4.79 Å². The standard InChI is InChI=1S/C22H33NO3/c1-13(2)18-6-5-14(3)7-19(18)22-20(25)9-16(10-21(22)26)8-17-11-23(12-17)15(4)24/h7,9,13,16-19,25-26H,5-6,8,10-12H2,1-4H3. The van der Waals surface area contributed by atoms with Crippen molar-refractivity contribution in [1.29, 1.82) is 0 Å². The van der Waals surface area contributed by atoms with Gasteiger partial charge in [-0.25, -0.2) is 0 Å². The lowest BCUT2D eigenvalue weighted by atomic mass is 9.69. The Kier molecular flexibility index (Phi) is 5.50. The molecule has 0 radical (unpaired) electrons. The van der Waals surface area contributed by atoms with Crippen LogP contribution in [0, 0.1) is 29.6 Å². The molecule has 0 saturated carbocycles. The van der Waals surface area contributed by atoms with E-state index in [-0.39, 0.29) is 23.5 Å². The Hall–Kier alpha value is -1.71. The third kappa shape index (κ3) is 3.84. The van der Waals surface area contributed by atoms with Gasteiger partial charge in [-0.05, 0) is 55.9 Å². The molecule has 0 aromatic rings. The fourth-order valence-corrected chi connectivity index (χ4v) is 4.93. The van der Waals surface area contributed by atoms with E-state index in [2.05, 4.69) is 26.8 Å². The minimum atomic E-state index is 0.109. The van der Waals surface area contributed by atoms with Gasteiger partial charge in [0.2, 0.25) is 5.91 Å². The second kappa shape index (κ2) is 7.50. The molecule has 26 heavy (non-hydrogen) atoms. The fraction of sp³-hybridized carbons (Fsp3) is 0.682.